The van der Waals surface area contributed by atoms with Gasteiger partial charge in [0.15, 0.2) is 0 Å². The van der Waals surface area contributed by atoms with E-state index in [1.807, 2.05) is 6.07 Å². The molecule has 15 heteroatoms. The van der Waals surface area contributed by atoms with Crippen LogP contribution in [0.25, 0.3) is 32.2 Å². The first-order valence-corrected chi connectivity index (χ1v) is 14.2. The van der Waals surface area contributed by atoms with E-state index in [1.165, 1.54) is 15.6 Å². The van der Waals surface area contributed by atoms with Crippen LogP contribution in [0.2, 0.25) is 0 Å². The first-order chi connectivity index (χ1) is 20.4. The summed E-state index contributed by atoms with van der Waals surface area (Å²) < 4.78 is 38.0. The molecular weight excluding hydrogens is 584 g/mol. The molecule has 1 saturated heterocycles. The summed E-state index contributed by atoms with van der Waals surface area (Å²) in [5.74, 6) is -1.99. The number of amides is 3. The number of benzene rings is 2. The van der Waals surface area contributed by atoms with Gasteiger partial charge < -0.3 is 19.6 Å². The molecule has 4 heterocycles. The molecule has 222 valence electrons. The fourth-order valence-electron chi connectivity index (χ4n) is 5.64. The van der Waals surface area contributed by atoms with Gasteiger partial charge in [-0.15, -0.1) is 16.4 Å². The van der Waals surface area contributed by atoms with E-state index in [4.69, 9.17) is 4.74 Å². The van der Waals surface area contributed by atoms with Crippen LogP contribution in [0.3, 0.4) is 0 Å². The number of carbonyl (C=O) groups excluding carboxylic acids is 2. The lowest BCUT2D eigenvalue weighted by Gasteiger charge is -2.41. The zero-order valence-corrected chi connectivity index (χ0v) is 24.1. The zero-order chi connectivity index (χ0) is 30.8. The van der Waals surface area contributed by atoms with Crippen LogP contribution < -0.4 is 5.32 Å². The summed E-state index contributed by atoms with van der Waals surface area (Å²) in [6.07, 6.45) is -1.52. The van der Waals surface area contributed by atoms with Gasteiger partial charge in [-0.05, 0) is 44.9 Å². The number of piperazine rings is 1. The molecule has 0 radical (unpaired) electrons. The Morgan fingerprint density at radius 2 is 1.95 bits per heavy atom. The third-order valence-electron chi connectivity index (χ3n) is 7.44. The number of anilines is 1. The molecule has 2 aliphatic rings. The summed E-state index contributed by atoms with van der Waals surface area (Å²) in [6, 6.07) is 5.12. The molecule has 12 nitrogen and oxygen atoms in total. The summed E-state index contributed by atoms with van der Waals surface area (Å²) in [5.41, 5.74) is -0.494. The van der Waals surface area contributed by atoms with E-state index < -0.39 is 41.4 Å². The second kappa shape index (κ2) is 10.2. The van der Waals surface area contributed by atoms with Crippen LogP contribution in [0.1, 0.15) is 43.1 Å². The summed E-state index contributed by atoms with van der Waals surface area (Å²) in [6.45, 7) is 5.69. The average molecular weight is 610 g/mol. The molecule has 2 aromatic heterocycles. The number of ether oxygens (including phenoxy) is 1. The van der Waals surface area contributed by atoms with Crippen LogP contribution >= 0.6 is 11.3 Å². The topological polar surface area (TPSA) is 154 Å². The van der Waals surface area contributed by atoms with Crippen LogP contribution in [0.4, 0.5) is 23.4 Å². The van der Waals surface area contributed by atoms with Crippen molar-refractivity contribution in [2.45, 2.75) is 45.4 Å². The number of carbonyl (C=O) groups is 3. The molecule has 6 rings (SSSR count). The van der Waals surface area contributed by atoms with E-state index in [-0.39, 0.29) is 74.6 Å². The van der Waals surface area contributed by atoms with Crippen molar-refractivity contribution in [2.75, 3.05) is 25.0 Å². The van der Waals surface area contributed by atoms with Crippen molar-refractivity contribution in [1.82, 2.24) is 24.8 Å². The molecule has 4 aromatic rings. The fourth-order valence-corrected chi connectivity index (χ4v) is 6.71. The molecule has 1 fully saturated rings. The van der Waals surface area contributed by atoms with Crippen molar-refractivity contribution in [3.63, 3.8) is 0 Å². The lowest BCUT2D eigenvalue weighted by atomic mass is 9.94. The molecule has 0 bridgehead atoms. The number of hydrogen-bond acceptors (Lipinski definition) is 8. The number of rotatable bonds is 2. The van der Waals surface area contributed by atoms with Crippen molar-refractivity contribution in [3.8, 4) is 17.2 Å². The number of thiophene rings is 1. The van der Waals surface area contributed by atoms with E-state index in [0.717, 1.165) is 23.5 Å². The highest BCUT2D eigenvalue weighted by Crippen LogP contribution is 2.45. The van der Waals surface area contributed by atoms with Crippen LogP contribution in [0.15, 0.2) is 18.2 Å². The lowest BCUT2D eigenvalue weighted by Crippen LogP contribution is -2.57. The quantitative estimate of drug-likeness (QED) is 0.321. The molecule has 1 atom stereocenters. The Labute approximate surface area is 247 Å². The normalized spacial score (nSPS) is 16.9. The van der Waals surface area contributed by atoms with E-state index >= 15 is 8.78 Å². The summed E-state index contributed by atoms with van der Waals surface area (Å²) in [4.78, 5) is 40.6. The molecule has 0 aliphatic carbocycles. The highest BCUT2D eigenvalue weighted by atomic mass is 32.1. The van der Waals surface area contributed by atoms with Crippen LogP contribution in [-0.4, -0.2) is 79.3 Å². The van der Waals surface area contributed by atoms with Gasteiger partial charge in [0.25, 0.3) is 5.91 Å². The van der Waals surface area contributed by atoms with Crippen LogP contribution in [-0.2, 0) is 11.3 Å². The molecule has 2 aliphatic heterocycles. The smallest absolute Gasteiger partial charge is 0.412 e. The van der Waals surface area contributed by atoms with E-state index in [1.54, 1.807) is 25.7 Å². The molecule has 2 aromatic carbocycles. The minimum absolute atomic E-state index is 0.0143. The zero-order valence-electron chi connectivity index (χ0n) is 23.3. The van der Waals surface area contributed by atoms with Crippen LogP contribution in [0.5, 0.6) is 0 Å². The van der Waals surface area contributed by atoms with E-state index in [2.05, 4.69) is 15.6 Å². The van der Waals surface area contributed by atoms with E-state index in [0.29, 0.717) is 6.42 Å². The molecular formula is C28H25F2N7O5S. The van der Waals surface area contributed by atoms with Gasteiger partial charge in [0.1, 0.15) is 39.3 Å². The maximum absolute atomic E-state index is 16.2. The first-order valence-electron chi connectivity index (χ1n) is 13.4. The first kappa shape index (κ1) is 28.3. The molecule has 3 amide bonds. The van der Waals surface area contributed by atoms with Crippen molar-refractivity contribution >= 4 is 55.6 Å². The largest absolute Gasteiger partial charge is 0.465 e. The lowest BCUT2D eigenvalue weighted by molar-refractivity contribution is 0.0417. The predicted molar refractivity (Wildman–Crippen MR) is 152 cm³/mol. The monoisotopic (exact) mass is 609 g/mol. The van der Waals surface area contributed by atoms with Crippen molar-refractivity contribution in [2.24, 2.45) is 0 Å². The molecule has 2 N–H and O–H groups in total. The number of aryl methyl sites for hydroxylation is 1. The number of nitrogens with one attached hydrogen (secondary N) is 1. The van der Waals surface area contributed by atoms with Gasteiger partial charge in [-0.3, -0.25) is 10.1 Å². The molecule has 0 spiro atoms. The Kier molecular flexibility index (Phi) is 6.68. The van der Waals surface area contributed by atoms with Crippen molar-refractivity contribution in [3.05, 3.63) is 41.0 Å². The predicted octanol–water partition coefficient (Wildman–Crippen LogP) is 5.02. The second-order valence-corrected chi connectivity index (χ2v) is 12.3. The van der Waals surface area contributed by atoms with Gasteiger partial charge in [-0.25, -0.2) is 23.1 Å². The maximum Gasteiger partial charge on any atom is 0.412 e. The SMILES string of the molecule is CC(C)(C)OC(=O)Nc1sc2c(F)ccc(-c3c(F)cc4c5c3nnn5CCC3CN(C(=O)O)CCN3C4=O)c2c1C#N. The number of nitriles is 1. The van der Waals surface area contributed by atoms with E-state index in [9.17, 15) is 24.8 Å². The Balaban J connectivity index is 1.50. The number of halogens is 2. The van der Waals surface area contributed by atoms with Gasteiger partial charge in [0.2, 0.25) is 0 Å². The Hall–Kier alpha value is -4.84. The summed E-state index contributed by atoms with van der Waals surface area (Å²) in [5, 5.41) is 30.5. The number of carboxylic acid groups (broad SMARTS) is 1. The highest BCUT2D eigenvalue weighted by molar-refractivity contribution is 7.23. The minimum Gasteiger partial charge on any atom is -0.465 e. The van der Waals surface area contributed by atoms with Crippen LogP contribution in [0, 0.1) is 23.0 Å². The van der Waals surface area contributed by atoms with Crippen molar-refractivity contribution < 1.29 is 33.0 Å². The molecule has 43 heavy (non-hydrogen) atoms. The number of hydrogen-bond donors (Lipinski definition) is 2. The highest BCUT2D eigenvalue weighted by Gasteiger charge is 2.37. The van der Waals surface area contributed by atoms with Crippen molar-refractivity contribution in [1.29, 1.82) is 5.26 Å². The average Bonchev–Trinajstić information content (AvgIpc) is 3.51. The minimum atomic E-state index is -1.08. The molecule has 1 unspecified atom stereocenters. The second-order valence-electron chi connectivity index (χ2n) is 11.3. The van der Waals surface area contributed by atoms with Gasteiger partial charge in [-0.1, -0.05) is 11.3 Å². The molecule has 0 saturated carbocycles. The maximum atomic E-state index is 16.2. The number of nitrogens with zero attached hydrogens (tertiary/aromatic N) is 6. The Morgan fingerprint density at radius 3 is 2.65 bits per heavy atom. The van der Waals surface area contributed by atoms with Gasteiger partial charge in [0.05, 0.1) is 21.9 Å². The number of aromatic nitrogens is 3. The van der Waals surface area contributed by atoms with Gasteiger partial charge in [0, 0.05) is 37.1 Å². The summed E-state index contributed by atoms with van der Waals surface area (Å²) in [7, 11) is 0. The number of fused-ring (bicyclic) bond motifs is 2. The van der Waals surface area contributed by atoms with Gasteiger partial charge in [-0.2, -0.15) is 5.26 Å². The standard InChI is InChI=1S/C28H25F2N7O5S/c1-28(2,3)42-26(39)32-24-16(11-31)19-14(4-5-17(29)23(19)43-24)20-18(30)10-15-22-21(20)33-34-37(22)7-6-13-12-35(27(40)41)8-9-36(13)25(15)38/h4-5,10,13H,6-9,12H2,1-3H3,(H,32,39)(H,40,41). The third-order valence-corrected chi connectivity index (χ3v) is 8.56. The van der Waals surface area contributed by atoms with Gasteiger partial charge >= 0.3 is 12.2 Å². The Morgan fingerprint density at radius 1 is 1.19 bits per heavy atom. The fraction of sp³-hybridized carbons (Fsp3) is 0.357. The Bertz CT molecular complexity index is 1890. The third kappa shape index (κ3) is 4.77. The summed E-state index contributed by atoms with van der Waals surface area (Å²) >= 11 is 0.815.